The molecule has 0 amide bonds. The Bertz CT molecular complexity index is 127. The van der Waals surface area contributed by atoms with E-state index in [2.05, 4.69) is 5.32 Å². The molecule has 0 spiro atoms. The Labute approximate surface area is 79.1 Å². The van der Waals surface area contributed by atoms with Crippen LogP contribution in [-0.4, -0.2) is 35.3 Å². The van der Waals surface area contributed by atoms with Gasteiger partial charge in [0.25, 0.3) is 0 Å². The fraction of sp³-hybridized carbons (Fsp3) is 1.00. The van der Waals surface area contributed by atoms with Gasteiger partial charge in [-0.05, 0) is 44.2 Å². The molecule has 3 heteroatoms. The van der Waals surface area contributed by atoms with Crippen LogP contribution in [0.5, 0.6) is 0 Å². The van der Waals surface area contributed by atoms with Gasteiger partial charge in [-0.3, -0.25) is 0 Å². The van der Waals surface area contributed by atoms with Gasteiger partial charge in [0.2, 0.25) is 0 Å². The van der Waals surface area contributed by atoms with E-state index >= 15 is 0 Å². The molecule has 0 radical (unpaired) electrons. The second-order valence-corrected chi connectivity index (χ2v) is 5.32. The van der Waals surface area contributed by atoms with Crippen LogP contribution in [0.2, 0.25) is 0 Å². The highest BCUT2D eigenvalue weighted by atomic mass is 32.2. The average Bonchev–Trinajstić information content (AvgIpc) is 2.36. The Kier molecular flexibility index (Phi) is 3.87. The molecule has 1 fully saturated rings. The molecule has 0 aromatic carbocycles. The van der Waals surface area contributed by atoms with Crippen LogP contribution in [-0.2, 0) is 0 Å². The Morgan fingerprint density at radius 2 is 2.33 bits per heavy atom. The van der Waals surface area contributed by atoms with Gasteiger partial charge in [-0.1, -0.05) is 0 Å². The van der Waals surface area contributed by atoms with Gasteiger partial charge in [-0.2, -0.15) is 11.8 Å². The van der Waals surface area contributed by atoms with Crippen molar-refractivity contribution >= 4 is 11.8 Å². The molecule has 0 bridgehead atoms. The summed E-state index contributed by atoms with van der Waals surface area (Å²) >= 11 is 2.04. The predicted octanol–water partition coefficient (Wildman–Crippen LogP) is 1.10. The van der Waals surface area contributed by atoms with Crippen molar-refractivity contribution in [3.8, 4) is 0 Å². The summed E-state index contributed by atoms with van der Waals surface area (Å²) in [5, 5.41) is 12.7. The van der Waals surface area contributed by atoms with Crippen molar-refractivity contribution < 1.29 is 5.11 Å². The van der Waals surface area contributed by atoms with Gasteiger partial charge in [-0.25, -0.2) is 0 Å². The summed E-state index contributed by atoms with van der Waals surface area (Å²) in [7, 11) is 0. The quantitative estimate of drug-likeness (QED) is 0.694. The van der Waals surface area contributed by atoms with Crippen LogP contribution in [0.25, 0.3) is 0 Å². The number of nitrogens with one attached hydrogen (secondary N) is 1. The molecule has 0 aliphatic carbocycles. The lowest BCUT2D eigenvalue weighted by molar-refractivity contribution is 0.0790. The molecule has 1 heterocycles. The first kappa shape index (κ1) is 10.4. The Hall–Kier alpha value is 0.270. The van der Waals surface area contributed by atoms with Crippen molar-refractivity contribution in [1.82, 2.24) is 5.32 Å². The number of hydrogen-bond donors (Lipinski definition) is 2. The van der Waals surface area contributed by atoms with Gasteiger partial charge in [0, 0.05) is 6.54 Å². The Morgan fingerprint density at radius 3 is 2.83 bits per heavy atom. The number of rotatable bonds is 4. The van der Waals surface area contributed by atoms with Gasteiger partial charge in [0.15, 0.2) is 0 Å². The zero-order valence-corrected chi connectivity index (χ0v) is 8.78. The molecule has 0 saturated carbocycles. The molecule has 1 atom stereocenters. The maximum absolute atomic E-state index is 9.42. The highest BCUT2D eigenvalue weighted by Gasteiger charge is 2.17. The predicted molar refractivity (Wildman–Crippen MR) is 54.6 cm³/mol. The molecular weight excluding hydrogens is 170 g/mol. The fourth-order valence-electron chi connectivity index (χ4n) is 1.33. The lowest BCUT2D eigenvalue weighted by atomic mass is 10.1. The molecule has 12 heavy (non-hydrogen) atoms. The highest BCUT2D eigenvalue weighted by Crippen LogP contribution is 2.22. The van der Waals surface area contributed by atoms with Crippen LogP contribution in [0.4, 0.5) is 0 Å². The molecule has 2 nitrogen and oxygen atoms in total. The lowest BCUT2D eigenvalue weighted by Gasteiger charge is -2.19. The first-order valence-electron chi connectivity index (χ1n) is 4.59. The number of aliphatic hydroxyl groups is 1. The maximum atomic E-state index is 9.42. The topological polar surface area (TPSA) is 32.3 Å². The molecule has 0 aromatic rings. The van der Waals surface area contributed by atoms with Crippen LogP contribution < -0.4 is 5.32 Å². The average molecular weight is 189 g/mol. The zero-order chi connectivity index (χ0) is 9.03. The molecule has 1 saturated heterocycles. The van der Waals surface area contributed by atoms with Crippen molar-refractivity contribution in [3.63, 3.8) is 0 Å². The third kappa shape index (κ3) is 4.33. The summed E-state index contributed by atoms with van der Waals surface area (Å²) in [5.74, 6) is 3.44. The van der Waals surface area contributed by atoms with E-state index in [1.165, 1.54) is 17.9 Å². The van der Waals surface area contributed by atoms with E-state index < -0.39 is 5.60 Å². The number of thioether (sulfide) groups is 1. The molecule has 2 N–H and O–H groups in total. The maximum Gasteiger partial charge on any atom is 0.0715 e. The summed E-state index contributed by atoms with van der Waals surface area (Å²) in [6.45, 7) is 5.44. The summed E-state index contributed by atoms with van der Waals surface area (Å²) in [6.07, 6.45) is 1.34. The standard InChI is InChI=1S/C9H19NOS/c1-9(2,11)7-10-5-8-3-4-12-6-8/h8,10-11H,3-7H2,1-2H3. The zero-order valence-electron chi connectivity index (χ0n) is 7.97. The van der Waals surface area contributed by atoms with Gasteiger partial charge < -0.3 is 10.4 Å². The van der Waals surface area contributed by atoms with E-state index in [1.54, 1.807) is 0 Å². The van der Waals surface area contributed by atoms with Crippen LogP contribution in [0.1, 0.15) is 20.3 Å². The minimum atomic E-state index is -0.564. The Morgan fingerprint density at radius 1 is 1.58 bits per heavy atom. The smallest absolute Gasteiger partial charge is 0.0715 e. The molecular formula is C9H19NOS. The second-order valence-electron chi connectivity index (χ2n) is 4.17. The third-order valence-corrected chi connectivity index (χ3v) is 3.25. The van der Waals surface area contributed by atoms with E-state index in [9.17, 15) is 5.11 Å². The van der Waals surface area contributed by atoms with Gasteiger partial charge in [0.1, 0.15) is 0 Å². The minimum Gasteiger partial charge on any atom is -0.389 e. The molecule has 0 aromatic heterocycles. The molecule has 1 unspecified atom stereocenters. The van der Waals surface area contributed by atoms with E-state index in [1.807, 2.05) is 25.6 Å². The lowest BCUT2D eigenvalue weighted by Crippen LogP contribution is -2.37. The molecule has 72 valence electrons. The monoisotopic (exact) mass is 189 g/mol. The van der Waals surface area contributed by atoms with E-state index in [0.717, 1.165) is 12.5 Å². The highest BCUT2D eigenvalue weighted by molar-refractivity contribution is 7.99. The van der Waals surface area contributed by atoms with Crippen molar-refractivity contribution in [2.24, 2.45) is 5.92 Å². The van der Waals surface area contributed by atoms with Crippen molar-refractivity contribution in [1.29, 1.82) is 0 Å². The van der Waals surface area contributed by atoms with Gasteiger partial charge >= 0.3 is 0 Å². The summed E-state index contributed by atoms with van der Waals surface area (Å²) in [5.41, 5.74) is -0.564. The fourth-order valence-corrected chi connectivity index (χ4v) is 2.61. The first-order valence-corrected chi connectivity index (χ1v) is 5.74. The number of hydrogen-bond acceptors (Lipinski definition) is 3. The SMILES string of the molecule is CC(C)(O)CNCC1CCSC1. The van der Waals surface area contributed by atoms with Crippen molar-refractivity contribution in [2.75, 3.05) is 24.6 Å². The molecule has 1 aliphatic rings. The van der Waals surface area contributed by atoms with Crippen LogP contribution in [0, 0.1) is 5.92 Å². The largest absolute Gasteiger partial charge is 0.389 e. The summed E-state index contributed by atoms with van der Waals surface area (Å²) in [4.78, 5) is 0. The van der Waals surface area contributed by atoms with Crippen molar-refractivity contribution in [3.05, 3.63) is 0 Å². The van der Waals surface area contributed by atoms with E-state index in [-0.39, 0.29) is 0 Å². The van der Waals surface area contributed by atoms with Gasteiger partial charge in [0.05, 0.1) is 5.60 Å². The first-order chi connectivity index (χ1) is 5.58. The van der Waals surface area contributed by atoms with Crippen LogP contribution >= 0.6 is 11.8 Å². The van der Waals surface area contributed by atoms with Crippen LogP contribution in [0.3, 0.4) is 0 Å². The third-order valence-electron chi connectivity index (χ3n) is 2.01. The summed E-state index contributed by atoms with van der Waals surface area (Å²) < 4.78 is 0. The molecule has 1 aliphatic heterocycles. The Balaban J connectivity index is 2.02. The van der Waals surface area contributed by atoms with E-state index in [0.29, 0.717) is 6.54 Å². The van der Waals surface area contributed by atoms with Crippen molar-refractivity contribution in [2.45, 2.75) is 25.9 Å². The minimum absolute atomic E-state index is 0.564. The van der Waals surface area contributed by atoms with E-state index in [4.69, 9.17) is 0 Å². The summed E-state index contributed by atoms with van der Waals surface area (Å²) in [6, 6.07) is 0. The normalized spacial score (nSPS) is 24.8. The second kappa shape index (κ2) is 4.49. The van der Waals surface area contributed by atoms with Crippen LogP contribution in [0.15, 0.2) is 0 Å². The molecule has 1 rings (SSSR count). The van der Waals surface area contributed by atoms with Gasteiger partial charge in [-0.15, -0.1) is 0 Å².